The molecule has 2 saturated carbocycles. The van der Waals surface area contributed by atoms with Gasteiger partial charge in [0.05, 0.1) is 5.92 Å². The minimum atomic E-state index is -0.646. The Morgan fingerprint density at radius 2 is 1.68 bits per heavy atom. The molecular weight excluding hydrogens is 242 g/mol. The van der Waals surface area contributed by atoms with Gasteiger partial charge in [-0.2, -0.15) is 0 Å². The van der Waals surface area contributed by atoms with Crippen molar-refractivity contribution in [3.63, 3.8) is 0 Å². The summed E-state index contributed by atoms with van der Waals surface area (Å²) in [6, 6.07) is 0. The molecule has 1 saturated heterocycles. The van der Waals surface area contributed by atoms with Gasteiger partial charge in [-0.3, -0.25) is 9.59 Å². The van der Waals surface area contributed by atoms with Gasteiger partial charge in [0.2, 0.25) is 5.91 Å². The molecule has 1 N–H and O–H groups in total. The third kappa shape index (κ3) is 2.37. The summed E-state index contributed by atoms with van der Waals surface area (Å²) in [5, 5.41) is 9.07. The maximum absolute atomic E-state index is 12.4. The summed E-state index contributed by atoms with van der Waals surface area (Å²) in [7, 11) is 0. The molecule has 0 unspecified atom stereocenters. The molecule has 0 bridgehead atoms. The number of carboxylic acids is 1. The number of aliphatic carboxylic acids is 1. The molecule has 4 nitrogen and oxygen atoms in total. The highest BCUT2D eigenvalue weighted by Gasteiger charge is 2.59. The fraction of sp³-hybridized carbons (Fsp3) is 0.867. The Kier molecular flexibility index (Phi) is 3.27. The molecule has 1 aliphatic heterocycles. The second-order valence-corrected chi connectivity index (χ2v) is 6.62. The predicted molar refractivity (Wildman–Crippen MR) is 70.6 cm³/mol. The number of amides is 1. The van der Waals surface area contributed by atoms with E-state index < -0.39 is 5.97 Å². The van der Waals surface area contributed by atoms with E-state index >= 15 is 0 Å². The first kappa shape index (κ1) is 12.9. The molecule has 1 heterocycles. The van der Waals surface area contributed by atoms with Crippen LogP contribution in [-0.2, 0) is 9.59 Å². The first-order chi connectivity index (χ1) is 9.12. The van der Waals surface area contributed by atoms with Gasteiger partial charge < -0.3 is 10.0 Å². The van der Waals surface area contributed by atoms with Crippen molar-refractivity contribution in [2.24, 2.45) is 17.3 Å². The van der Waals surface area contributed by atoms with Crippen molar-refractivity contribution in [3.8, 4) is 0 Å². The van der Waals surface area contributed by atoms with Crippen molar-refractivity contribution in [3.05, 3.63) is 0 Å². The van der Waals surface area contributed by atoms with E-state index in [1.54, 1.807) is 0 Å². The van der Waals surface area contributed by atoms with Crippen molar-refractivity contribution in [2.75, 3.05) is 13.1 Å². The molecule has 4 heteroatoms. The van der Waals surface area contributed by atoms with Gasteiger partial charge >= 0.3 is 5.97 Å². The lowest BCUT2D eigenvalue weighted by Crippen LogP contribution is -2.43. The van der Waals surface area contributed by atoms with Gasteiger partial charge in [0, 0.05) is 19.0 Å². The van der Waals surface area contributed by atoms with Gasteiger partial charge in [-0.25, -0.2) is 0 Å². The van der Waals surface area contributed by atoms with E-state index in [-0.39, 0.29) is 17.3 Å². The van der Waals surface area contributed by atoms with E-state index in [1.165, 1.54) is 19.3 Å². The molecule has 1 amide bonds. The van der Waals surface area contributed by atoms with Crippen LogP contribution in [0.3, 0.4) is 0 Å². The molecule has 3 rings (SSSR count). The molecular formula is C15H23NO3. The van der Waals surface area contributed by atoms with Crippen LogP contribution in [0.4, 0.5) is 0 Å². The first-order valence-electron chi connectivity index (χ1n) is 7.64. The van der Waals surface area contributed by atoms with Gasteiger partial charge in [0.25, 0.3) is 0 Å². The number of nitrogens with zero attached hydrogens (tertiary/aromatic N) is 1. The van der Waals surface area contributed by atoms with E-state index in [1.807, 2.05) is 4.90 Å². The van der Waals surface area contributed by atoms with E-state index in [0.29, 0.717) is 5.91 Å². The fourth-order valence-electron chi connectivity index (χ4n) is 4.03. The summed E-state index contributed by atoms with van der Waals surface area (Å²) < 4.78 is 0. The number of carbonyl (C=O) groups is 2. The topological polar surface area (TPSA) is 57.6 Å². The molecule has 3 aliphatic rings. The van der Waals surface area contributed by atoms with Crippen molar-refractivity contribution in [2.45, 2.75) is 51.4 Å². The normalized spacial score (nSPS) is 30.3. The van der Waals surface area contributed by atoms with E-state index in [4.69, 9.17) is 5.11 Å². The monoisotopic (exact) mass is 265 g/mol. The maximum Gasteiger partial charge on any atom is 0.307 e. The lowest BCUT2D eigenvalue weighted by Gasteiger charge is -2.35. The summed E-state index contributed by atoms with van der Waals surface area (Å²) in [5.41, 5.74) is 0.0369. The second kappa shape index (κ2) is 4.80. The number of carboxylic acid groups (broad SMARTS) is 1. The Morgan fingerprint density at radius 1 is 1.05 bits per heavy atom. The molecule has 1 atom stereocenters. The Morgan fingerprint density at radius 3 is 2.21 bits per heavy atom. The zero-order valence-corrected chi connectivity index (χ0v) is 11.4. The van der Waals surface area contributed by atoms with E-state index in [2.05, 4.69) is 0 Å². The Bertz CT molecular complexity index is 379. The number of carbonyl (C=O) groups excluding carboxylic acids is 1. The fourth-order valence-corrected chi connectivity index (χ4v) is 4.03. The molecule has 0 aromatic carbocycles. The van der Waals surface area contributed by atoms with Crippen LogP contribution in [0.5, 0.6) is 0 Å². The summed E-state index contributed by atoms with van der Waals surface area (Å²) in [6.07, 6.45) is 8.37. The highest BCUT2D eigenvalue weighted by molar-refractivity contribution is 5.79. The van der Waals surface area contributed by atoms with Crippen LogP contribution in [-0.4, -0.2) is 35.0 Å². The molecule has 2 aliphatic carbocycles. The van der Waals surface area contributed by atoms with Gasteiger partial charge in [-0.05, 0) is 37.5 Å². The predicted octanol–water partition coefficient (Wildman–Crippen LogP) is 2.28. The minimum Gasteiger partial charge on any atom is -0.481 e. The van der Waals surface area contributed by atoms with Crippen LogP contribution in [0.2, 0.25) is 0 Å². The van der Waals surface area contributed by atoms with Crippen LogP contribution in [0.25, 0.3) is 0 Å². The van der Waals surface area contributed by atoms with Gasteiger partial charge in [-0.15, -0.1) is 0 Å². The first-order valence-corrected chi connectivity index (χ1v) is 7.64. The number of rotatable bonds is 2. The Hall–Kier alpha value is -1.06. The Labute approximate surface area is 114 Å². The lowest BCUT2D eigenvalue weighted by molar-refractivity contribution is -0.140. The van der Waals surface area contributed by atoms with E-state index in [9.17, 15) is 9.59 Å². The third-order valence-corrected chi connectivity index (χ3v) is 5.51. The number of hydrogen-bond acceptors (Lipinski definition) is 2. The summed E-state index contributed by atoms with van der Waals surface area (Å²) in [5.74, 6) is -0.203. The van der Waals surface area contributed by atoms with Crippen LogP contribution in [0, 0.1) is 17.3 Å². The summed E-state index contributed by atoms with van der Waals surface area (Å²) >= 11 is 0. The largest absolute Gasteiger partial charge is 0.481 e. The Balaban J connectivity index is 1.53. The SMILES string of the molecule is O=C(O)[C@@H]1CC12CCN(C(=O)C1CCCCC1)CC2. The third-order valence-electron chi connectivity index (χ3n) is 5.51. The number of likely N-dealkylation sites (tertiary alicyclic amines) is 1. The van der Waals surface area contributed by atoms with Crippen molar-refractivity contribution >= 4 is 11.9 Å². The molecule has 1 spiro atoms. The van der Waals surface area contributed by atoms with Crippen LogP contribution < -0.4 is 0 Å². The van der Waals surface area contributed by atoms with Crippen molar-refractivity contribution in [1.29, 1.82) is 0 Å². The molecule has 0 aromatic rings. The number of piperidine rings is 1. The molecule has 106 valence electrons. The highest BCUT2D eigenvalue weighted by atomic mass is 16.4. The quantitative estimate of drug-likeness (QED) is 0.833. The summed E-state index contributed by atoms with van der Waals surface area (Å²) in [6.45, 7) is 1.55. The van der Waals surface area contributed by atoms with Gasteiger partial charge in [-0.1, -0.05) is 19.3 Å². The minimum absolute atomic E-state index is 0.0369. The van der Waals surface area contributed by atoms with Gasteiger partial charge in [0.1, 0.15) is 0 Å². The zero-order valence-electron chi connectivity index (χ0n) is 11.4. The average Bonchev–Trinajstić information content (AvgIpc) is 3.14. The zero-order chi connectivity index (χ0) is 13.5. The smallest absolute Gasteiger partial charge is 0.307 e. The standard InChI is InChI=1S/C15H23NO3/c17-13(11-4-2-1-3-5-11)16-8-6-15(7-9-16)10-12(15)14(18)19/h11-12H,1-10H2,(H,18,19)/t12-/m0/s1. The molecule has 19 heavy (non-hydrogen) atoms. The molecule has 0 radical (unpaired) electrons. The van der Waals surface area contributed by atoms with Crippen molar-refractivity contribution in [1.82, 2.24) is 4.90 Å². The highest BCUT2D eigenvalue weighted by Crippen LogP contribution is 2.59. The molecule has 0 aromatic heterocycles. The average molecular weight is 265 g/mol. The number of hydrogen-bond donors (Lipinski definition) is 1. The second-order valence-electron chi connectivity index (χ2n) is 6.62. The van der Waals surface area contributed by atoms with Crippen LogP contribution in [0.15, 0.2) is 0 Å². The van der Waals surface area contributed by atoms with Crippen molar-refractivity contribution < 1.29 is 14.7 Å². The van der Waals surface area contributed by atoms with E-state index in [0.717, 1.165) is 45.2 Å². The summed E-state index contributed by atoms with van der Waals surface area (Å²) in [4.78, 5) is 25.4. The van der Waals surface area contributed by atoms with Crippen LogP contribution in [0.1, 0.15) is 51.4 Å². The lowest BCUT2D eigenvalue weighted by atomic mass is 9.86. The maximum atomic E-state index is 12.4. The van der Waals surface area contributed by atoms with Gasteiger partial charge in [0.15, 0.2) is 0 Å². The molecule has 3 fully saturated rings. The van der Waals surface area contributed by atoms with Crippen LogP contribution >= 0.6 is 0 Å².